The zero-order valence-electron chi connectivity index (χ0n) is 10.3. The highest BCUT2D eigenvalue weighted by Crippen LogP contribution is 2.28. The van der Waals surface area contributed by atoms with Gasteiger partial charge in [-0.25, -0.2) is 9.78 Å². The van der Waals surface area contributed by atoms with Gasteiger partial charge in [0.1, 0.15) is 5.01 Å². The largest absolute Gasteiger partial charge is 0.461 e. The third kappa shape index (κ3) is 2.84. The van der Waals surface area contributed by atoms with E-state index in [2.05, 4.69) is 10.3 Å². The van der Waals surface area contributed by atoms with Gasteiger partial charge in [-0.05, 0) is 33.2 Å². The lowest BCUT2D eigenvalue weighted by atomic mass is 10.1. The van der Waals surface area contributed by atoms with Gasteiger partial charge in [-0.2, -0.15) is 0 Å². The number of piperidine rings is 1. The molecule has 5 heteroatoms. The van der Waals surface area contributed by atoms with E-state index in [0.717, 1.165) is 22.9 Å². The number of esters is 1. The van der Waals surface area contributed by atoms with Crippen molar-refractivity contribution in [2.75, 3.05) is 13.2 Å². The molecule has 0 aliphatic carbocycles. The van der Waals surface area contributed by atoms with Crippen LogP contribution in [0.2, 0.25) is 0 Å². The van der Waals surface area contributed by atoms with Crippen LogP contribution in [0.25, 0.3) is 0 Å². The molecule has 1 unspecified atom stereocenters. The Labute approximate surface area is 105 Å². The summed E-state index contributed by atoms with van der Waals surface area (Å²) in [7, 11) is 0. The number of aromatic nitrogens is 1. The average Bonchev–Trinajstić information content (AvgIpc) is 2.73. The summed E-state index contributed by atoms with van der Waals surface area (Å²) in [6.45, 7) is 5.17. The Morgan fingerprint density at radius 2 is 2.41 bits per heavy atom. The standard InChI is InChI=1S/C12H18N2O2S/c1-3-16-12(15)10-8(2)17-11(14-10)9-6-4-5-7-13-9/h9,13H,3-7H2,1-2H3. The topological polar surface area (TPSA) is 51.2 Å². The number of aryl methyl sites for hydroxylation is 1. The molecule has 1 fully saturated rings. The van der Waals surface area contributed by atoms with Crippen molar-refractivity contribution in [3.63, 3.8) is 0 Å². The van der Waals surface area contributed by atoms with Gasteiger partial charge in [-0.15, -0.1) is 11.3 Å². The summed E-state index contributed by atoms with van der Waals surface area (Å²) >= 11 is 1.60. The third-order valence-corrected chi connectivity index (χ3v) is 3.97. The van der Waals surface area contributed by atoms with E-state index in [4.69, 9.17) is 4.74 Å². The lowest BCUT2D eigenvalue weighted by Crippen LogP contribution is -2.26. The van der Waals surface area contributed by atoms with E-state index in [1.165, 1.54) is 12.8 Å². The third-order valence-electron chi connectivity index (χ3n) is 2.89. The Morgan fingerprint density at radius 3 is 3.06 bits per heavy atom. The molecule has 0 saturated carbocycles. The molecule has 17 heavy (non-hydrogen) atoms. The summed E-state index contributed by atoms with van der Waals surface area (Å²) in [5, 5.41) is 4.46. The van der Waals surface area contributed by atoms with Crippen LogP contribution in [0.5, 0.6) is 0 Å². The maximum absolute atomic E-state index is 11.7. The van der Waals surface area contributed by atoms with E-state index >= 15 is 0 Å². The highest BCUT2D eigenvalue weighted by atomic mass is 32.1. The highest BCUT2D eigenvalue weighted by molar-refractivity contribution is 7.11. The van der Waals surface area contributed by atoms with Crippen LogP contribution >= 0.6 is 11.3 Å². The number of carbonyl (C=O) groups excluding carboxylic acids is 1. The minimum atomic E-state index is -0.302. The molecule has 1 saturated heterocycles. The normalized spacial score (nSPS) is 20.2. The second-order valence-corrected chi connectivity index (χ2v) is 5.41. The van der Waals surface area contributed by atoms with Crippen LogP contribution in [-0.4, -0.2) is 24.1 Å². The van der Waals surface area contributed by atoms with Crippen molar-refractivity contribution >= 4 is 17.3 Å². The predicted octanol–water partition coefficient (Wildman–Crippen LogP) is 2.44. The Kier molecular flexibility index (Phi) is 4.12. The molecule has 0 spiro atoms. The summed E-state index contributed by atoms with van der Waals surface area (Å²) in [6.07, 6.45) is 3.56. The van der Waals surface area contributed by atoms with Gasteiger partial charge in [0.05, 0.1) is 12.6 Å². The van der Waals surface area contributed by atoms with Gasteiger partial charge in [0.25, 0.3) is 0 Å². The maximum atomic E-state index is 11.7. The minimum absolute atomic E-state index is 0.302. The fraction of sp³-hybridized carbons (Fsp3) is 0.667. The van der Waals surface area contributed by atoms with Crippen molar-refractivity contribution in [3.05, 3.63) is 15.6 Å². The van der Waals surface area contributed by atoms with Crippen LogP contribution in [0.4, 0.5) is 0 Å². The molecule has 2 heterocycles. The number of thiazole rings is 1. The first-order chi connectivity index (χ1) is 8.22. The van der Waals surface area contributed by atoms with Gasteiger partial charge in [0, 0.05) is 4.88 Å². The average molecular weight is 254 g/mol. The summed E-state index contributed by atoms with van der Waals surface area (Å²) in [5.74, 6) is -0.302. The van der Waals surface area contributed by atoms with E-state index in [1.54, 1.807) is 11.3 Å². The monoisotopic (exact) mass is 254 g/mol. The Hall–Kier alpha value is -0.940. The van der Waals surface area contributed by atoms with Crippen LogP contribution in [0.15, 0.2) is 0 Å². The second kappa shape index (κ2) is 5.60. The lowest BCUT2D eigenvalue weighted by Gasteiger charge is -2.21. The van der Waals surface area contributed by atoms with E-state index in [1.807, 2.05) is 13.8 Å². The SMILES string of the molecule is CCOC(=O)c1nc(C2CCCCN2)sc1C. The van der Waals surface area contributed by atoms with Crippen LogP contribution in [-0.2, 0) is 4.74 Å². The molecule has 1 N–H and O–H groups in total. The Morgan fingerprint density at radius 1 is 1.59 bits per heavy atom. The fourth-order valence-corrected chi connectivity index (χ4v) is 3.04. The van der Waals surface area contributed by atoms with E-state index in [9.17, 15) is 4.79 Å². The van der Waals surface area contributed by atoms with Crippen molar-refractivity contribution in [2.24, 2.45) is 0 Å². The zero-order chi connectivity index (χ0) is 12.3. The number of rotatable bonds is 3. The molecule has 94 valence electrons. The molecule has 1 aromatic heterocycles. The quantitative estimate of drug-likeness (QED) is 0.842. The van der Waals surface area contributed by atoms with Crippen LogP contribution < -0.4 is 5.32 Å². The maximum Gasteiger partial charge on any atom is 0.358 e. The van der Waals surface area contributed by atoms with Gasteiger partial charge in [-0.3, -0.25) is 0 Å². The van der Waals surface area contributed by atoms with Gasteiger partial charge in [-0.1, -0.05) is 6.42 Å². The molecule has 0 amide bonds. The van der Waals surface area contributed by atoms with Crippen molar-refractivity contribution < 1.29 is 9.53 Å². The lowest BCUT2D eigenvalue weighted by molar-refractivity contribution is 0.0519. The zero-order valence-corrected chi connectivity index (χ0v) is 11.1. The molecular weight excluding hydrogens is 236 g/mol. The first-order valence-electron chi connectivity index (χ1n) is 6.10. The minimum Gasteiger partial charge on any atom is -0.461 e. The van der Waals surface area contributed by atoms with Crippen molar-refractivity contribution in [1.29, 1.82) is 0 Å². The van der Waals surface area contributed by atoms with Crippen molar-refractivity contribution in [2.45, 2.75) is 39.2 Å². The first kappa shape index (κ1) is 12.5. The molecular formula is C12H18N2O2S. The number of nitrogens with zero attached hydrogens (tertiary/aromatic N) is 1. The van der Waals surface area contributed by atoms with E-state index < -0.39 is 0 Å². The van der Waals surface area contributed by atoms with Gasteiger partial charge < -0.3 is 10.1 Å². The molecule has 1 aliphatic rings. The molecule has 4 nitrogen and oxygen atoms in total. The van der Waals surface area contributed by atoms with E-state index in [0.29, 0.717) is 18.3 Å². The van der Waals surface area contributed by atoms with Gasteiger partial charge in [0.15, 0.2) is 5.69 Å². The number of hydrogen-bond acceptors (Lipinski definition) is 5. The summed E-state index contributed by atoms with van der Waals surface area (Å²) in [4.78, 5) is 17.0. The fourth-order valence-electron chi connectivity index (χ4n) is 2.02. The molecule has 1 atom stereocenters. The van der Waals surface area contributed by atoms with Gasteiger partial charge >= 0.3 is 5.97 Å². The van der Waals surface area contributed by atoms with Crippen molar-refractivity contribution in [3.8, 4) is 0 Å². The van der Waals surface area contributed by atoms with Crippen LogP contribution in [0.3, 0.4) is 0 Å². The number of nitrogens with one attached hydrogen (secondary N) is 1. The highest BCUT2D eigenvalue weighted by Gasteiger charge is 2.22. The van der Waals surface area contributed by atoms with Crippen molar-refractivity contribution in [1.82, 2.24) is 10.3 Å². The number of carbonyl (C=O) groups is 1. The smallest absolute Gasteiger partial charge is 0.358 e. The van der Waals surface area contributed by atoms with Crippen LogP contribution in [0, 0.1) is 6.92 Å². The van der Waals surface area contributed by atoms with E-state index in [-0.39, 0.29) is 5.97 Å². The predicted molar refractivity (Wildman–Crippen MR) is 67.4 cm³/mol. The van der Waals surface area contributed by atoms with Gasteiger partial charge in [0.2, 0.25) is 0 Å². The van der Waals surface area contributed by atoms with Crippen LogP contribution in [0.1, 0.15) is 52.6 Å². The molecule has 0 radical (unpaired) electrons. The first-order valence-corrected chi connectivity index (χ1v) is 6.92. The molecule has 0 aromatic carbocycles. The molecule has 1 aromatic rings. The summed E-state index contributed by atoms with van der Waals surface area (Å²) in [5.41, 5.74) is 0.485. The Bertz CT molecular complexity index is 397. The summed E-state index contributed by atoms with van der Waals surface area (Å²) < 4.78 is 4.99. The Balaban J connectivity index is 2.14. The molecule has 2 rings (SSSR count). The number of hydrogen-bond donors (Lipinski definition) is 1. The summed E-state index contributed by atoms with van der Waals surface area (Å²) in [6, 6.07) is 0.315. The second-order valence-electron chi connectivity index (χ2n) is 4.18. The molecule has 0 bridgehead atoms. The number of ether oxygens (including phenoxy) is 1. The molecule has 1 aliphatic heterocycles.